The molecule has 3 aromatic rings. The summed E-state index contributed by atoms with van der Waals surface area (Å²) in [6, 6.07) is 14.6. The molecule has 0 radical (unpaired) electrons. The first-order valence-corrected chi connectivity index (χ1v) is 11.1. The summed E-state index contributed by atoms with van der Waals surface area (Å²) in [5.74, 6) is 0.569. The molecule has 0 fully saturated rings. The predicted molar refractivity (Wildman–Crippen MR) is 131 cm³/mol. The number of hydrogen-bond donors (Lipinski definition) is 0. The van der Waals surface area contributed by atoms with Crippen LogP contribution < -0.4 is 15.5 Å². The summed E-state index contributed by atoms with van der Waals surface area (Å²) in [5.41, 5.74) is 4.54. The zero-order chi connectivity index (χ0) is 24.8. The first-order chi connectivity index (χ1) is 16.2. The van der Waals surface area contributed by atoms with Crippen LogP contribution in [-0.4, -0.2) is 21.6 Å². The first kappa shape index (κ1) is 22.8. The molecular weight excluding hydrogens is 422 g/mol. The van der Waals surface area contributed by atoms with Crippen molar-refractivity contribution in [3.05, 3.63) is 69.1 Å². The smallest absolute Gasteiger partial charge is 0.179 e. The topological polar surface area (TPSA) is 105 Å². The fraction of sp³-hybridized carbons (Fsp3) is 0.296. The third-order valence-corrected chi connectivity index (χ3v) is 6.61. The van der Waals surface area contributed by atoms with Crippen molar-refractivity contribution in [2.24, 2.45) is 0 Å². The minimum absolute atomic E-state index is 0.0257. The van der Waals surface area contributed by atoms with Crippen molar-refractivity contribution >= 4 is 23.0 Å². The number of allylic oxidation sites excluding steroid dienone is 2. The van der Waals surface area contributed by atoms with Crippen LogP contribution >= 0.6 is 0 Å². The number of hydrogen-bond acceptors (Lipinski definition) is 6. The van der Waals surface area contributed by atoms with Crippen LogP contribution in [0.15, 0.2) is 36.0 Å². The number of likely N-dealkylation sites (N-methyl/N-ethyl adjacent to an activating group) is 1. The fourth-order valence-electron chi connectivity index (χ4n) is 4.83. The zero-order valence-corrected chi connectivity index (χ0v) is 20.2. The lowest BCUT2D eigenvalue weighted by atomic mass is 9.83. The van der Waals surface area contributed by atoms with Crippen molar-refractivity contribution in [2.75, 3.05) is 11.9 Å². The molecule has 34 heavy (non-hydrogen) atoms. The maximum absolute atomic E-state index is 9.95. The average Bonchev–Trinajstić information content (AvgIpc) is 3.32. The summed E-state index contributed by atoms with van der Waals surface area (Å²) in [5, 5.41) is 39.1. The van der Waals surface area contributed by atoms with E-state index in [1.807, 2.05) is 64.2 Å². The maximum atomic E-state index is 9.95. The van der Waals surface area contributed by atoms with E-state index in [0.717, 1.165) is 11.4 Å². The Morgan fingerprint density at radius 3 is 2.32 bits per heavy atom. The number of anilines is 1. The Hall–Kier alpha value is -4.41. The molecule has 7 nitrogen and oxygen atoms in total. The molecule has 2 aromatic heterocycles. The molecule has 0 unspecified atom stereocenters. The summed E-state index contributed by atoms with van der Waals surface area (Å²) >= 11 is 0. The van der Waals surface area contributed by atoms with E-state index in [0.29, 0.717) is 33.2 Å². The van der Waals surface area contributed by atoms with Gasteiger partial charge in [0, 0.05) is 35.0 Å². The van der Waals surface area contributed by atoms with Crippen LogP contribution in [-0.2, 0) is 5.41 Å². The van der Waals surface area contributed by atoms with Crippen LogP contribution in [0.1, 0.15) is 56.1 Å². The van der Waals surface area contributed by atoms with Gasteiger partial charge in [-0.05, 0) is 30.2 Å². The van der Waals surface area contributed by atoms with Gasteiger partial charge in [0.05, 0.1) is 5.35 Å². The first-order valence-electron chi connectivity index (χ1n) is 11.1. The predicted octanol–water partition coefficient (Wildman–Crippen LogP) is 3.32. The molecule has 1 aliphatic heterocycles. The maximum Gasteiger partial charge on any atom is 0.179 e. The molecule has 0 saturated heterocycles. The van der Waals surface area contributed by atoms with Crippen LogP contribution in [0.25, 0.3) is 17.3 Å². The van der Waals surface area contributed by atoms with Gasteiger partial charge in [-0.15, -0.1) is 10.2 Å². The number of para-hydroxylation sites is 1. The van der Waals surface area contributed by atoms with Gasteiger partial charge in [-0.1, -0.05) is 52.0 Å². The standard InChI is InChI=1S/C27H25N7/c1-16(2)25-31-32-26-20(15-30)17(3)19(24(34(25)26)18(13-28)14-29)11-12-23-27(4,5)21-9-7-8-10-22(21)33(23)6/h7-12,16H,1-6H3. The molecule has 3 heterocycles. The lowest BCUT2D eigenvalue weighted by Gasteiger charge is -2.23. The molecule has 0 amide bonds. The molecule has 1 aliphatic rings. The number of nitriles is 3. The Labute approximate surface area is 198 Å². The van der Waals surface area contributed by atoms with E-state index in [9.17, 15) is 15.8 Å². The number of pyridine rings is 1. The second-order valence-corrected chi connectivity index (χ2v) is 9.26. The van der Waals surface area contributed by atoms with Crippen LogP contribution in [0.5, 0.6) is 0 Å². The van der Waals surface area contributed by atoms with Crippen LogP contribution in [0.2, 0.25) is 0 Å². The summed E-state index contributed by atoms with van der Waals surface area (Å²) in [4.78, 5) is 2.15. The van der Waals surface area contributed by atoms with Crippen LogP contribution in [0, 0.1) is 40.9 Å². The summed E-state index contributed by atoms with van der Waals surface area (Å²) in [6.07, 6.45) is 3.92. The number of fused-ring (bicyclic) bond motifs is 2. The largest absolute Gasteiger partial charge is 0.347 e. The highest BCUT2D eigenvalue weighted by molar-refractivity contribution is 5.75. The zero-order valence-electron chi connectivity index (χ0n) is 20.2. The number of aromatic nitrogens is 3. The third-order valence-electron chi connectivity index (χ3n) is 6.61. The molecule has 7 heteroatoms. The SMILES string of the molecule is Cc1c(C#N)c2nnc(C(C)C)n2c(=C(C#N)C#N)c1=CC=C1N(C)c2ccccc2C1(C)C. The molecule has 0 atom stereocenters. The van der Waals surface area contributed by atoms with Gasteiger partial charge in [0.15, 0.2) is 11.2 Å². The van der Waals surface area contributed by atoms with Crippen molar-refractivity contribution in [1.29, 1.82) is 15.8 Å². The summed E-state index contributed by atoms with van der Waals surface area (Å²) in [7, 11) is 2.03. The lowest BCUT2D eigenvalue weighted by molar-refractivity contribution is 0.641. The Morgan fingerprint density at radius 2 is 1.74 bits per heavy atom. The van der Waals surface area contributed by atoms with Crippen molar-refractivity contribution in [1.82, 2.24) is 14.6 Å². The number of nitrogens with zero attached hydrogens (tertiary/aromatic N) is 7. The summed E-state index contributed by atoms with van der Waals surface area (Å²) in [6.45, 7) is 10.1. The molecule has 0 N–H and O–H groups in total. The number of rotatable bonds is 2. The molecule has 168 valence electrons. The normalized spacial score (nSPS) is 15.9. The molecule has 0 saturated carbocycles. The van der Waals surface area contributed by atoms with Gasteiger partial charge in [-0.2, -0.15) is 15.8 Å². The van der Waals surface area contributed by atoms with Gasteiger partial charge in [-0.25, -0.2) is 0 Å². The van der Waals surface area contributed by atoms with E-state index >= 15 is 0 Å². The highest BCUT2D eigenvalue weighted by atomic mass is 15.3. The van der Waals surface area contributed by atoms with Gasteiger partial charge < -0.3 is 4.90 Å². The molecule has 4 rings (SSSR count). The Balaban J connectivity index is 2.18. The van der Waals surface area contributed by atoms with Gasteiger partial charge in [0.2, 0.25) is 0 Å². The Morgan fingerprint density at radius 1 is 1.06 bits per heavy atom. The van der Waals surface area contributed by atoms with Crippen molar-refractivity contribution in [2.45, 2.75) is 46.0 Å². The molecular formula is C27H25N7. The van der Waals surface area contributed by atoms with Crippen molar-refractivity contribution < 1.29 is 0 Å². The molecule has 0 aliphatic carbocycles. The van der Waals surface area contributed by atoms with Gasteiger partial charge >= 0.3 is 0 Å². The van der Waals surface area contributed by atoms with E-state index in [2.05, 4.69) is 47.1 Å². The minimum Gasteiger partial charge on any atom is -0.347 e. The van der Waals surface area contributed by atoms with Gasteiger partial charge in [0.25, 0.3) is 0 Å². The van der Waals surface area contributed by atoms with E-state index in [4.69, 9.17) is 0 Å². The van der Waals surface area contributed by atoms with E-state index in [1.165, 1.54) is 5.56 Å². The highest BCUT2D eigenvalue weighted by Crippen LogP contribution is 2.46. The van der Waals surface area contributed by atoms with E-state index in [1.54, 1.807) is 4.40 Å². The highest BCUT2D eigenvalue weighted by Gasteiger charge is 2.37. The summed E-state index contributed by atoms with van der Waals surface area (Å²) < 4.78 is 1.70. The molecule has 0 bridgehead atoms. The molecule has 1 aromatic carbocycles. The van der Waals surface area contributed by atoms with E-state index in [-0.39, 0.29) is 16.9 Å². The Bertz CT molecular complexity index is 1600. The number of benzene rings is 1. The fourth-order valence-corrected chi connectivity index (χ4v) is 4.83. The van der Waals surface area contributed by atoms with Gasteiger partial charge in [0.1, 0.15) is 29.6 Å². The second-order valence-electron chi connectivity index (χ2n) is 9.26. The third kappa shape index (κ3) is 3.16. The lowest BCUT2D eigenvalue weighted by Crippen LogP contribution is -2.38. The quantitative estimate of drug-likeness (QED) is 0.597. The van der Waals surface area contributed by atoms with Crippen molar-refractivity contribution in [3.8, 4) is 18.2 Å². The van der Waals surface area contributed by atoms with E-state index < -0.39 is 0 Å². The monoisotopic (exact) mass is 447 g/mol. The van der Waals surface area contributed by atoms with Crippen LogP contribution in [0.3, 0.4) is 0 Å². The van der Waals surface area contributed by atoms with Gasteiger partial charge in [-0.3, -0.25) is 4.40 Å². The van der Waals surface area contributed by atoms with Crippen LogP contribution in [0.4, 0.5) is 5.69 Å². The average molecular weight is 448 g/mol. The Kier molecular flexibility index (Phi) is 5.48. The second kappa shape index (κ2) is 8.18. The van der Waals surface area contributed by atoms with Crippen molar-refractivity contribution in [3.63, 3.8) is 0 Å². The molecule has 0 spiro atoms. The minimum atomic E-state index is -0.241.